The Labute approximate surface area is 206 Å². The smallest absolute Gasteiger partial charge is 0.119 e. The van der Waals surface area contributed by atoms with Crippen molar-refractivity contribution in [2.75, 3.05) is 18.5 Å². The van der Waals surface area contributed by atoms with E-state index in [4.69, 9.17) is 9.47 Å². The van der Waals surface area contributed by atoms with Crippen LogP contribution in [0, 0.1) is 5.92 Å². The molecule has 0 spiro atoms. The molecule has 1 saturated heterocycles. The van der Waals surface area contributed by atoms with Gasteiger partial charge in [-0.05, 0) is 79.6 Å². The summed E-state index contributed by atoms with van der Waals surface area (Å²) in [6, 6.07) is 22.7. The van der Waals surface area contributed by atoms with E-state index in [2.05, 4.69) is 89.6 Å². The molecule has 4 unspecified atom stereocenters. The number of ether oxygens (including phenoxy) is 2. The van der Waals surface area contributed by atoms with E-state index < -0.39 is 0 Å². The molecule has 4 atom stereocenters. The molecule has 3 aliphatic rings. The lowest BCUT2D eigenvalue weighted by Crippen LogP contribution is -2.29. The molecular weight excluding hydrogens is 432 g/mol. The SMILES string of the molecule is CCn1c2ccccc2c2cc(C3Nc4ccc(OCC5CCCO5)cc4C4C=CCC43)ccc21. The summed E-state index contributed by atoms with van der Waals surface area (Å²) in [5, 5.41) is 6.61. The molecule has 1 fully saturated rings. The molecule has 1 N–H and O–H groups in total. The van der Waals surface area contributed by atoms with Crippen LogP contribution in [0.1, 0.15) is 49.3 Å². The number of benzene rings is 3. The number of hydrogen-bond donors (Lipinski definition) is 1. The molecule has 3 heterocycles. The number of aryl methyl sites for hydroxylation is 1. The lowest BCUT2D eigenvalue weighted by molar-refractivity contribution is 0.0679. The Morgan fingerprint density at radius 2 is 1.94 bits per heavy atom. The molecule has 4 aromatic rings. The van der Waals surface area contributed by atoms with E-state index in [1.165, 1.54) is 38.6 Å². The molecule has 1 aliphatic carbocycles. The molecule has 4 nitrogen and oxygen atoms in total. The summed E-state index contributed by atoms with van der Waals surface area (Å²) in [5.74, 6) is 1.87. The summed E-state index contributed by atoms with van der Waals surface area (Å²) < 4.78 is 14.3. The summed E-state index contributed by atoms with van der Waals surface area (Å²) in [4.78, 5) is 0. The van der Waals surface area contributed by atoms with E-state index in [-0.39, 0.29) is 12.1 Å². The molecular formula is C31H32N2O2. The van der Waals surface area contributed by atoms with Gasteiger partial charge in [-0.1, -0.05) is 36.4 Å². The molecule has 4 heteroatoms. The number of allylic oxidation sites excluding steroid dienone is 2. The van der Waals surface area contributed by atoms with Gasteiger partial charge in [0.1, 0.15) is 12.4 Å². The van der Waals surface area contributed by atoms with Gasteiger partial charge in [0.2, 0.25) is 0 Å². The molecule has 0 radical (unpaired) electrons. The van der Waals surface area contributed by atoms with Crippen LogP contribution >= 0.6 is 0 Å². The van der Waals surface area contributed by atoms with Crippen molar-refractivity contribution in [3.05, 3.63) is 83.9 Å². The highest BCUT2D eigenvalue weighted by atomic mass is 16.5. The Bertz CT molecular complexity index is 1430. The van der Waals surface area contributed by atoms with E-state index in [1.54, 1.807) is 0 Å². The van der Waals surface area contributed by atoms with Crippen molar-refractivity contribution in [3.8, 4) is 5.75 Å². The number of para-hydroxylation sites is 1. The highest BCUT2D eigenvalue weighted by Gasteiger charge is 2.38. The number of aromatic nitrogens is 1. The van der Waals surface area contributed by atoms with Gasteiger partial charge in [0.25, 0.3) is 0 Å². The van der Waals surface area contributed by atoms with Gasteiger partial charge in [-0.25, -0.2) is 0 Å². The quantitative estimate of drug-likeness (QED) is 0.317. The summed E-state index contributed by atoms with van der Waals surface area (Å²) >= 11 is 0. The van der Waals surface area contributed by atoms with Crippen molar-refractivity contribution in [1.82, 2.24) is 4.57 Å². The van der Waals surface area contributed by atoms with Gasteiger partial charge in [0.05, 0.1) is 12.1 Å². The van der Waals surface area contributed by atoms with Crippen molar-refractivity contribution in [3.63, 3.8) is 0 Å². The molecule has 7 rings (SSSR count). The molecule has 0 bridgehead atoms. The first-order valence-corrected chi connectivity index (χ1v) is 13.1. The van der Waals surface area contributed by atoms with Crippen LogP contribution in [-0.2, 0) is 11.3 Å². The predicted octanol–water partition coefficient (Wildman–Crippen LogP) is 7.20. The van der Waals surface area contributed by atoms with E-state index in [0.29, 0.717) is 18.4 Å². The maximum absolute atomic E-state index is 6.14. The Balaban J connectivity index is 1.23. The van der Waals surface area contributed by atoms with Crippen molar-refractivity contribution >= 4 is 27.5 Å². The van der Waals surface area contributed by atoms with E-state index in [1.807, 2.05) is 0 Å². The van der Waals surface area contributed by atoms with Crippen molar-refractivity contribution in [1.29, 1.82) is 0 Å². The fourth-order valence-corrected chi connectivity index (χ4v) is 6.56. The van der Waals surface area contributed by atoms with Gasteiger partial charge >= 0.3 is 0 Å². The zero-order chi connectivity index (χ0) is 23.4. The fraction of sp³-hybridized carbons (Fsp3) is 0.355. The second-order valence-electron chi connectivity index (χ2n) is 10.2. The summed E-state index contributed by atoms with van der Waals surface area (Å²) in [5.41, 5.74) is 6.60. The van der Waals surface area contributed by atoms with E-state index >= 15 is 0 Å². The summed E-state index contributed by atoms with van der Waals surface area (Å²) in [7, 11) is 0. The molecule has 3 aromatic carbocycles. The molecule has 35 heavy (non-hydrogen) atoms. The van der Waals surface area contributed by atoms with Crippen LogP contribution in [0.25, 0.3) is 21.8 Å². The molecule has 2 aliphatic heterocycles. The van der Waals surface area contributed by atoms with E-state index in [9.17, 15) is 0 Å². The summed E-state index contributed by atoms with van der Waals surface area (Å²) in [6.07, 6.45) is 8.34. The average molecular weight is 465 g/mol. The van der Waals surface area contributed by atoms with Crippen LogP contribution in [0.2, 0.25) is 0 Å². The first-order chi connectivity index (χ1) is 17.3. The van der Waals surface area contributed by atoms with Crippen molar-refractivity contribution < 1.29 is 9.47 Å². The topological polar surface area (TPSA) is 35.4 Å². The normalized spacial score (nSPS) is 25.1. The Morgan fingerprint density at radius 1 is 1.03 bits per heavy atom. The number of anilines is 1. The first kappa shape index (κ1) is 21.1. The Kier molecular flexibility index (Phi) is 5.09. The van der Waals surface area contributed by atoms with Crippen LogP contribution in [0.15, 0.2) is 72.8 Å². The molecule has 0 saturated carbocycles. The van der Waals surface area contributed by atoms with Gasteiger partial charge < -0.3 is 19.4 Å². The maximum atomic E-state index is 6.14. The predicted molar refractivity (Wildman–Crippen MR) is 142 cm³/mol. The van der Waals surface area contributed by atoms with Crippen LogP contribution in [0.3, 0.4) is 0 Å². The van der Waals surface area contributed by atoms with Crippen LogP contribution in [0.5, 0.6) is 5.75 Å². The Morgan fingerprint density at radius 3 is 2.83 bits per heavy atom. The third-order valence-electron chi connectivity index (χ3n) is 8.27. The minimum absolute atomic E-state index is 0.237. The molecule has 178 valence electrons. The maximum Gasteiger partial charge on any atom is 0.119 e. The van der Waals surface area contributed by atoms with Gasteiger partial charge in [-0.2, -0.15) is 0 Å². The van der Waals surface area contributed by atoms with Gasteiger partial charge in [-0.15, -0.1) is 0 Å². The number of hydrogen-bond acceptors (Lipinski definition) is 3. The average Bonchev–Trinajstić information content (AvgIpc) is 3.66. The highest BCUT2D eigenvalue weighted by molar-refractivity contribution is 6.08. The lowest BCUT2D eigenvalue weighted by atomic mass is 9.77. The van der Waals surface area contributed by atoms with Gasteiger partial charge in [0, 0.05) is 46.6 Å². The van der Waals surface area contributed by atoms with Crippen molar-refractivity contribution in [2.24, 2.45) is 5.92 Å². The Hall–Kier alpha value is -3.24. The van der Waals surface area contributed by atoms with Crippen molar-refractivity contribution in [2.45, 2.75) is 50.8 Å². The number of nitrogens with zero attached hydrogens (tertiary/aromatic N) is 1. The van der Waals surface area contributed by atoms with Gasteiger partial charge in [-0.3, -0.25) is 0 Å². The second kappa shape index (κ2) is 8.46. The summed E-state index contributed by atoms with van der Waals surface area (Å²) in [6.45, 7) is 4.71. The highest BCUT2D eigenvalue weighted by Crippen LogP contribution is 2.51. The second-order valence-corrected chi connectivity index (χ2v) is 10.2. The lowest BCUT2D eigenvalue weighted by Gasteiger charge is -2.37. The van der Waals surface area contributed by atoms with Crippen LogP contribution < -0.4 is 10.1 Å². The number of rotatable bonds is 5. The van der Waals surface area contributed by atoms with E-state index in [0.717, 1.165) is 38.2 Å². The zero-order valence-corrected chi connectivity index (χ0v) is 20.2. The largest absolute Gasteiger partial charge is 0.491 e. The molecule has 1 aromatic heterocycles. The molecule has 0 amide bonds. The minimum atomic E-state index is 0.237. The monoisotopic (exact) mass is 464 g/mol. The third kappa shape index (κ3) is 3.46. The fourth-order valence-electron chi connectivity index (χ4n) is 6.56. The zero-order valence-electron chi connectivity index (χ0n) is 20.2. The van der Waals surface area contributed by atoms with Crippen LogP contribution in [-0.4, -0.2) is 23.9 Å². The first-order valence-electron chi connectivity index (χ1n) is 13.1. The standard InChI is InChI=1S/C31H32N2O2/c1-2-33-29-11-4-3-8-24(29)27-17-20(12-15-30(27)33)31-25-10-5-9-23(25)26-18-21(13-14-28(26)32-31)35-19-22-7-6-16-34-22/h3-5,8-9,11-15,17-18,22-23,25,31-32H,2,6-7,10,16,19H2,1H3. The number of nitrogens with one attached hydrogen (secondary N) is 1. The third-order valence-corrected chi connectivity index (χ3v) is 8.27. The van der Waals surface area contributed by atoms with Crippen LogP contribution in [0.4, 0.5) is 5.69 Å². The minimum Gasteiger partial charge on any atom is -0.491 e. The van der Waals surface area contributed by atoms with Gasteiger partial charge in [0.15, 0.2) is 0 Å². The number of fused-ring (bicyclic) bond motifs is 6.